The predicted octanol–water partition coefficient (Wildman–Crippen LogP) is 5.76. The number of carbonyl (C=O) groups is 2. The van der Waals surface area contributed by atoms with Gasteiger partial charge in [0.1, 0.15) is 5.60 Å². The molecule has 0 aromatic rings. The number of aliphatic hydroxyl groups excluding tert-OH is 1. The summed E-state index contributed by atoms with van der Waals surface area (Å²) in [6, 6.07) is 0. The van der Waals surface area contributed by atoms with Crippen LogP contribution in [0.25, 0.3) is 0 Å². The molecule has 1 saturated heterocycles. The van der Waals surface area contributed by atoms with Crippen LogP contribution in [0.1, 0.15) is 86.5 Å². The van der Waals surface area contributed by atoms with Crippen LogP contribution in [0.15, 0.2) is 47.1 Å². The van der Waals surface area contributed by atoms with Gasteiger partial charge in [-0.05, 0) is 76.2 Å². The van der Waals surface area contributed by atoms with E-state index in [1.54, 1.807) is 6.92 Å². The first-order valence-corrected chi connectivity index (χ1v) is 13.3. The third kappa shape index (κ3) is 7.27. The first kappa shape index (κ1) is 28.5. The quantitative estimate of drug-likeness (QED) is 0.320. The second-order valence-electron chi connectivity index (χ2n) is 11.7. The molecule has 2 heterocycles. The second kappa shape index (κ2) is 11.6. The average molecular weight is 501 g/mol. The van der Waals surface area contributed by atoms with Gasteiger partial charge in [0.15, 0.2) is 11.6 Å². The molecule has 0 amide bonds. The number of ketones is 1. The number of carbonyl (C=O) groups excluding carboxylic acids is 2. The fourth-order valence-corrected chi connectivity index (χ4v) is 5.61. The number of rotatable bonds is 9. The van der Waals surface area contributed by atoms with E-state index >= 15 is 0 Å². The molecule has 5 atom stereocenters. The minimum absolute atomic E-state index is 0.0679. The van der Waals surface area contributed by atoms with Crippen LogP contribution in [0.3, 0.4) is 0 Å². The standard InChI is InChI=1S/C30H44O6/c1-19(2)9-8-10-21(5)12-24-16-29(7,36-28(33)11-20(3)4)18-30(34-24)15-23(17-31)25-14-26(32)22(6)13-27(25)35-30/h12-13,15,20,24-25,27,31H,1,8-11,14,16-18H2,2-7H3/b21-12+/t24-,25-,27-,29-,30-/m0/s1. The van der Waals surface area contributed by atoms with Gasteiger partial charge in [0.2, 0.25) is 0 Å². The molecular formula is C30H44O6. The predicted molar refractivity (Wildman–Crippen MR) is 140 cm³/mol. The summed E-state index contributed by atoms with van der Waals surface area (Å²) in [7, 11) is 0. The molecule has 36 heavy (non-hydrogen) atoms. The summed E-state index contributed by atoms with van der Waals surface area (Å²) in [5.74, 6) is -1.35. The Kier molecular flexibility index (Phi) is 9.18. The Labute approximate surface area is 216 Å². The van der Waals surface area contributed by atoms with E-state index in [9.17, 15) is 14.7 Å². The molecule has 6 nitrogen and oxygen atoms in total. The van der Waals surface area contributed by atoms with Gasteiger partial charge in [0.25, 0.3) is 0 Å². The Bertz CT molecular complexity index is 956. The fourth-order valence-electron chi connectivity index (χ4n) is 5.61. The van der Waals surface area contributed by atoms with E-state index in [0.29, 0.717) is 31.3 Å². The molecule has 0 saturated carbocycles. The zero-order chi connectivity index (χ0) is 26.7. The normalized spacial score (nSPS) is 32.7. The summed E-state index contributed by atoms with van der Waals surface area (Å²) in [5.41, 5.74) is 2.96. The Morgan fingerprint density at radius 3 is 2.67 bits per heavy atom. The number of aliphatic hydroxyl groups is 1. The first-order chi connectivity index (χ1) is 16.8. The minimum atomic E-state index is -1.17. The van der Waals surface area contributed by atoms with E-state index in [1.807, 2.05) is 39.8 Å². The van der Waals surface area contributed by atoms with Crippen LogP contribution in [0, 0.1) is 11.8 Å². The maximum absolute atomic E-state index is 12.7. The number of Topliss-reactive ketones (excluding diaryl/α,β-unsaturated/α-hetero) is 1. The van der Waals surface area contributed by atoms with Crippen LogP contribution in [-0.4, -0.2) is 47.1 Å². The SMILES string of the molecule is C=C(C)CCC/C(C)=C/[C@H]1C[C@](C)(OC(=O)CC(C)C)C[C@@]2(C=C(CO)[C@@H]3CC(=O)C(C)=C[C@@H]3O2)O1. The molecule has 1 spiro atoms. The summed E-state index contributed by atoms with van der Waals surface area (Å²) in [5, 5.41) is 10.2. The van der Waals surface area contributed by atoms with Crippen molar-refractivity contribution in [1.29, 1.82) is 0 Å². The number of hydrogen-bond donors (Lipinski definition) is 1. The van der Waals surface area contributed by atoms with Gasteiger partial charge in [-0.3, -0.25) is 9.59 Å². The summed E-state index contributed by atoms with van der Waals surface area (Å²) in [6.45, 7) is 15.7. The summed E-state index contributed by atoms with van der Waals surface area (Å²) < 4.78 is 19.3. The second-order valence-corrected chi connectivity index (χ2v) is 11.7. The van der Waals surface area contributed by atoms with Gasteiger partial charge in [-0.25, -0.2) is 0 Å². The highest BCUT2D eigenvalue weighted by atomic mass is 16.7. The zero-order valence-electron chi connectivity index (χ0n) is 22.9. The molecule has 0 bridgehead atoms. The summed E-state index contributed by atoms with van der Waals surface area (Å²) >= 11 is 0. The Morgan fingerprint density at radius 2 is 2.03 bits per heavy atom. The molecule has 0 radical (unpaired) electrons. The molecule has 1 N–H and O–H groups in total. The highest BCUT2D eigenvalue weighted by Gasteiger charge is 2.53. The molecule has 0 aromatic heterocycles. The number of esters is 1. The van der Waals surface area contributed by atoms with Crippen molar-refractivity contribution in [3.8, 4) is 0 Å². The molecular weight excluding hydrogens is 456 g/mol. The van der Waals surface area contributed by atoms with Gasteiger partial charge in [-0.1, -0.05) is 31.1 Å². The number of ether oxygens (including phenoxy) is 3. The summed E-state index contributed by atoms with van der Waals surface area (Å²) in [6.07, 6.45) is 9.48. The van der Waals surface area contributed by atoms with Crippen molar-refractivity contribution in [2.75, 3.05) is 6.61 Å². The van der Waals surface area contributed by atoms with Crippen LogP contribution >= 0.6 is 0 Å². The molecule has 0 aromatic carbocycles. The van der Waals surface area contributed by atoms with Crippen LogP contribution in [0.5, 0.6) is 0 Å². The molecule has 1 fully saturated rings. The average Bonchev–Trinajstić information content (AvgIpc) is 2.72. The van der Waals surface area contributed by atoms with Crippen LogP contribution in [0.2, 0.25) is 0 Å². The lowest BCUT2D eigenvalue weighted by Gasteiger charge is -2.51. The lowest BCUT2D eigenvalue weighted by Crippen LogP contribution is -2.57. The van der Waals surface area contributed by atoms with Gasteiger partial charge in [-0.15, -0.1) is 6.58 Å². The van der Waals surface area contributed by atoms with E-state index in [1.165, 1.54) is 11.1 Å². The van der Waals surface area contributed by atoms with Crippen molar-refractivity contribution in [2.45, 2.75) is 110 Å². The Balaban J connectivity index is 1.93. The maximum Gasteiger partial charge on any atom is 0.306 e. The highest BCUT2D eigenvalue weighted by Crippen LogP contribution is 2.47. The smallest absolute Gasteiger partial charge is 0.306 e. The molecule has 2 aliphatic heterocycles. The Hall–Kier alpha value is -2.02. The van der Waals surface area contributed by atoms with E-state index in [2.05, 4.69) is 19.6 Å². The topological polar surface area (TPSA) is 82.1 Å². The first-order valence-electron chi connectivity index (χ1n) is 13.3. The van der Waals surface area contributed by atoms with E-state index < -0.39 is 11.4 Å². The minimum Gasteiger partial charge on any atom is -0.459 e. The van der Waals surface area contributed by atoms with Crippen molar-refractivity contribution >= 4 is 11.8 Å². The van der Waals surface area contributed by atoms with E-state index in [4.69, 9.17) is 14.2 Å². The third-order valence-electron chi connectivity index (χ3n) is 7.24. The van der Waals surface area contributed by atoms with Crippen LogP contribution in [0.4, 0.5) is 0 Å². The van der Waals surface area contributed by atoms with Crippen LogP contribution < -0.4 is 0 Å². The van der Waals surface area contributed by atoms with Gasteiger partial charge < -0.3 is 19.3 Å². The lowest BCUT2D eigenvalue weighted by atomic mass is 9.76. The molecule has 0 unspecified atom stereocenters. The molecule has 3 rings (SSSR count). The van der Waals surface area contributed by atoms with E-state index in [0.717, 1.165) is 24.8 Å². The number of hydrogen-bond acceptors (Lipinski definition) is 6. The van der Waals surface area contributed by atoms with E-state index in [-0.39, 0.29) is 42.4 Å². The molecule has 200 valence electrons. The lowest BCUT2D eigenvalue weighted by molar-refractivity contribution is -0.297. The molecule has 1 aliphatic carbocycles. The molecule has 3 aliphatic rings. The monoisotopic (exact) mass is 500 g/mol. The van der Waals surface area contributed by atoms with Gasteiger partial charge in [0.05, 0.1) is 18.8 Å². The van der Waals surface area contributed by atoms with Gasteiger partial charge in [-0.2, -0.15) is 0 Å². The van der Waals surface area contributed by atoms with Crippen molar-refractivity contribution in [2.24, 2.45) is 11.8 Å². The van der Waals surface area contributed by atoms with Crippen molar-refractivity contribution in [1.82, 2.24) is 0 Å². The van der Waals surface area contributed by atoms with Crippen molar-refractivity contribution in [3.63, 3.8) is 0 Å². The number of fused-ring (bicyclic) bond motifs is 1. The number of allylic oxidation sites excluding steroid dienone is 3. The largest absolute Gasteiger partial charge is 0.459 e. The van der Waals surface area contributed by atoms with Crippen LogP contribution in [-0.2, 0) is 23.8 Å². The van der Waals surface area contributed by atoms with Crippen molar-refractivity contribution < 1.29 is 28.9 Å². The fraction of sp³-hybridized carbons (Fsp3) is 0.667. The van der Waals surface area contributed by atoms with Crippen molar-refractivity contribution in [3.05, 3.63) is 47.1 Å². The van der Waals surface area contributed by atoms with Gasteiger partial charge in [0, 0.05) is 31.6 Å². The Morgan fingerprint density at radius 1 is 1.31 bits per heavy atom. The van der Waals surface area contributed by atoms with Gasteiger partial charge >= 0.3 is 5.97 Å². The summed E-state index contributed by atoms with van der Waals surface area (Å²) in [4.78, 5) is 25.1. The molecule has 6 heteroatoms. The third-order valence-corrected chi connectivity index (χ3v) is 7.24. The maximum atomic E-state index is 12.7. The zero-order valence-corrected chi connectivity index (χ0v) is 22.9. The highest BCUT2D eigenvalue weighted by molar-refractivity contribution is 5.96.